The summed E-state index contributed by atoms with van der Waals surface area (Å²) in [4.78, 5) is 15.5. The number of imidazole rings is 1. The maximum absolute atomic E-state index is 10.8. The van der Waals surface area contributed by atoms with Crippen LogP contribution in [0, 0.1) is 6.92 Å². The molecule has 21 heavy (non-hydrogen) atoms. The Morgan fingerprint density at radius 1 is 1.52 bits per heavy atom. The van der Waals surface area contributed by atoms with Gasteiger partial charge in [-0.2, -0.15) is 0 Å². The van der Waals surface area contributed by atoms with Crippen molar-refractivity contribution in [3.8, 4) is 0 Å². The molecule has 2 aromatic rings. The van der Waals surface area contributed by atoms with E-state index >= 15 is 0 Å². The van der Waals surface area contributed by atoms with Crippen LogP contribution in [-0.2, 0) is 9.53 Å². The molecule has 1 atom stereocenters. The molecule has 6 heteroatoms. The van der Waals surface area contributed by atoms with Crippen molar-refractivity contribution in [3.05, 3.63) is 23.8 Å². The molecule has 0 amide bonds. The lowest BCUT2D eigenvalue weighted by Crippen LogP contribution is -2.10. The lowest BCUT2D eigenvalue weighted by atomic mass is 10.2. The largest absolute Gasteiger partial charge is 0.481 e. The highest BCUT2D eigenvalue weighted by Crippen LogP contribution is 2.30. The first kappa shape index (κ1) is 15.9. The Labute approximate surface area is 128 Å². The number of fused-ring (bicyclic) bond motifs is 1. The number of carboxylic acids is 1. The van der Waals surface area contributed by atoms with Gasteiger partial charge in [0.2, 0.25) is 0 Å². The number of rotatable bonds is 7. The smallest absolute Gasteiger partial charge is 0.313 e. The number of nitrogens with zero attached hydrogens (tertiary/aromatic N) is 2. The van der Waals surface area contributed by atoms with Gasteiger partial charge in [0, 0.05) is 19.8 Å². The summed E-state index contributed by atoms with van der Waals surface area (Å²) >= 11 is 1.26. The normalized spacial score (nSPS) is 12.7. The van der Waals surface area contributed by atoms with Gasteiger partial charge < -0.3 is 14.4 Å². The standard InChI is InChI=1S/C15H20N2O3S/c1-10-5-4-6-12-14(10)16-15(21-9-13(18)19)17(12)11(2)7-8-20-3/h4-6,11H,7-9H2,1-3H3,(H,18,19). The first-order valence-corrected chi connectivity index (χ1v) is 7.84. The third-order valence-corrected chi connectivity index (χ3v) is 4.33. The molecular formula is C15H20N2O3S. The Bertz CT molecular complexity index is 639. The summed E-state index contributed by atoms with van der Waals surface area (Å²) < 4.78 is 7.27. The molecule has 0 aliphatic carbocycles. The highest BCUT2D eigenvalue weighted by atomic mass is 32.2. The van der Waals surface area contributed by atoms with Gasteiger partial charge in [-0.25, -0.2) is 4.98 Å². The Kier molecular flexibility index (Phi) is 5.25. The number of aromatic nitrogens is 2. The molecule has 0 radical (unpaired) electrons. The predicted octanol–water partition coefficient (Wildman–Crippen LogP) is 3.12. The second kappa shape index (κ2) is 6.95. The maximum atomic E-state index is 10.8. The molecule has 5 nitrogen and oxygen atoms in total. The van der Waals surface area contributed by atoms with E-state index in [1.807, 2.05) is 25.1 Å². The van der Waals surface area contributed by atoms with Crippen molar-refractivity contribution in [2.24, 2.45) is 0 Å². The van der Waals surface area contributed by atoms with Gasteiger partial charge in [0.15, 0.2) is 5.16 Å². The third kappa shape index (κ3) is 3.57. The fourth-order valence-corrected chi connectivity index (χ4v) is 3.13. The van der Waals surface area contributed by atoms with Crippen molar-refractivity contribution in [3.63, 3.8) is 0 Å². The number of carbonyl (C=O) groups is 1. The van der Waals surface area contributed by atoms with Crippen LogP contribution in [0.5, 0.6) is 0 Å². The van der Waals surface area contributed by atoms with Crippen LogP contribution >= 0.6 is 11.8 Å². The fraction of sp³-hybridized carbons (Fsp3) is 0.467. The zero-order chi connectivity index (χ0) is 15.4. The molecular weight excluding hydrogens is 288 g/mol. The van der Waals surface area contributed by atoms with Crippen molar-refractivity contribution in [1.82, 2.24) is 9.55 Å². The molecule has 114 valence electrons. The van der Waals surface area contributed by atoms with E-state index in [-0.39, 0.29) is 11.8 Å². The van der Waals surface area contributed by atoms with Crippen LogP contribution in [0.1, 0.15) is 24.9 Å². The molecule has 0 bridgehead atoms. The SMILES string of the molecule is COCCC(C)n1c(SCC(=O)O)nc2c(C)cccc21. The van der Waals surface area contributed by atoms with Gasteiger partial charge in [0.05, 0.1) is 16.8 Å². The highest BCUT2D eigenvalue weighted by molar-refractivity contribution is 7.99. The van der Waals surface area contributed by atoms with E-state index < -0.39 is 5.97 Å². The van der Waals surface area contributed by atoms with Crippen LogP contribution in [0.2, 0.25) is 0 Å². The Morgan fingerprint density at radius 3 is 2.95 bits per heavy atom. The topological polar surface area (TPSA) is 64.3 Å². The summed E-state index contributed by atoms with van der Waals surface area (Å²) in [6.45, 7) is 4.79. The first-order chi connectivity index (χ1) is 10.0. The van der Waals surface area contributed by atoms with Crippen LogP contribution in [0.15, 0.2) is 23.4 Å². The number of carboxylic acid groups (broad SMARTS) is 1. The summed E-state index contributed by atoms with van der Waals surface area (Å²) in [5, 5.41) is 9.65. The summed E-state index contributed by atoms with van der Waals surface area (Å²) in [7, 11) is 1.68. The third-order valence-electron chi connectivity index (χ3n) is 3.39. The highest BCUT2D eigenvalue weighted by Gasteiger charge is 2.18. The fourth-order valence-electron chi connectivity index (χ4n) is 2.31. The second-order valence-corrected chi connectivity index (χ2v) is 5.96. The van der Waals surface area contributed by atoms with E-state index in [1.165, 1.54) is 11.8 Å². The summed E-state index contributed by atoms with van der Waals surface area (Å²) in [5.41, 5.74) is 3.09. The van der Waals surface area contributed by atoms with Gasteiger partial charge in [0.25, 0.3) is 0 Å². The quantitative estimate of drug-likeness (QED) is 0.796. The van der Waals surface area contributed by atoms with Crippen LogP contribution in [-0.4, -0.2) is 40.1 Å². The number of methoxy groups -OCH3 is 1. The number of benzene rings is 1. The van der Waals surface area contributed by atoms with E-state index in [0.29, 0.717) is 6.61 Å². The molecule has 1 aromatic carbocycles. The van der Waals surface area contributed by atoms with Crippen LogP contribution in [0.4, 0.5) is 0 Å². The lowest BCUT2D eigenvalue weighted by molar-refractivity contribution is -0.133. The number of hydrogen-bond donors (Lipinski definition) is 1. The van der Waals surface area contributed by atoms with Gasteiger partial charge in [-0.1, -0.05) is 23.9 Å². The van der Waals surface area contributed by atoms with Crippen LogP contribution in [0.25, 0.3) is 11.0 Å². The van der Waals surface area contributed by atoms with Gasteiger partial charge in [0.1, 0.15) is 0 Å². The van der Waals surface area contributed by atoms with Crippen molar-refractivity contribution >= 4 is 28.8 Å². The van der Waals surface area contributed by atoms with E-state index in [2.05, 4.69) is 16.5 Å². The molecule has 0 saturated heterocycles. The Morgan fingerprint density at radius 2 is 2.29 bits per heavy atom. The minimum Gasteiger partial charge on any atom is -0.481 e. The van der Waals surface area contributed by atoms with Crippen molar-refractivity contribution in [1.29, 1.82) is 0 Å². The zero-order valence-electron chi connectivity index (χ0n) is 12.5. The van der Waals surface area contributed by atoms with Gasteiger partial charge in [-0.15, -0.1) is 0 Å². The van der Waals surface area contributed by atoms with E-state index in [1.54, 1.807) is 7.11 Å². The van der Waals surface area contributed by atoms with Crippen molar-refractivity contribution in [2.75, 3.05) is 19.5 Å². The monoisotopic (exact) mass is 308 g/mol. The second-order valence-electron chi connectivity index (χ2n) is 5.02. The number of aliphatic carboxylic acids is 1. The van der Waals surface area contributed by atoms with Gasteiger partial charge in [-0.05, 0) is 31.9 Å². The Balaban J connectivity index is 2.44. The number of para-hydroxylation sites is 1. The van der Waals surface area contributed by atoms with Crippen molar-refractivity contribution in [2.45, 2.75) is 31.5 Å². The van der Waals surface area contributed by atoms with E-state index in [9.17, 15) is 4.79 Å². The van der Waals surface area contributed by atoms with Crippen LogP contribution < -0.4 is 0 Å². The molecule has 1 heterocycles. The molecule has 1 aromatic heterocycles. The van der Waals surface area contributed by atoms with Gasteiger partial charge >= 0.3 is 5.97 Å². The zero-order valence-corrected chi connectivity index (χ0v) is 13.3. The van der Waals surface area contributed by atoms with E-state index in [4.69, 9.17) is 9.84 Å². The van der Waals surface area contributed by atoms with Gasteiger partial charge in [-0.3, -0.25) is 4.79 Å². The minimum atomic E-state index is -0.833. The number of thioether (sulfide) groups is 1. The maximum Gasteiger partial charge on any atom is 0.313 e. The molecule has 0 aliphatic rings. The molecule has 0 saturated carbocycles. The summed E-state index contributed by atoms with van der Waals surface area (Å²) in [6.07, 6.45) is 0.858. The van der Waals surface area contributed by atoms with E-state index in [0.717, 1.165) is 28.2 Å². The predicted molar refractivity (Wildman–Crippen MR) is 84.0 cm³/mol. The van der Waals surface area contributed by atoms with Crippen molar-refractivity contribution < 1.29 is 14.6 Å². The molecule has 1 N–H and O–H groups in total. The Hall–Kier alpha value is -1.53. The summed E-state index contributed by atoms with van der Waals surface area (Å²) in [6, 6.07) is 6.26. The molecule has 0 spiro atoms. The molecule has 1 unspecified atom stereocenters. The number of ether oxygens (including phenoxy) is 1. The minimum absolute atomic E-state index is 0.0133. The molecule has 0 fully saturated rings. The first-order valence-electron chi connectivity index (χ1n) is 6.85. The average Bonchev–Trinajstić information content (AvgIpc) is 2.82. The summed E-state index contributed by atoms with van der Waals surface area (Å²) in [5.74, 6) is -0.820. The lowest BCUT2D eigenvalue weighted by Gasteiger charge is -2.16. The number of aryl methyl sites for hydroxylation is 1. The van der Waals surface area contributed by atoms with Crippen LogP contribution in [0.3, 0.4) is 0 Å². The number of hydrogen-bond acceptors (Lipinski definition) is 4. The molecule has 2 rings (SSSR count). The molecule has 0 aliphatic heterocycles. The average molecular weight is 308 g/mol.